The number of hydrogen-bond acceptors (Lipinski definition) is 6. The fraction of sp³-hybridized carbons (Fsp3) is 0.286. The van der Waals surface area contributed by atoms with E-state index in [0.29, 0.717) is 11.6 Å². The molecule has 3 aromatic rings. The van der Waals surface area contributed by atoms with Crippen molar-refractivity contribution in [1.29, 1.82) is 0 Å². The van der Waals surface area contributed by atoms with Crippen molar-refractivity contribution in [3.63, 3.8) is 0 Å². The Kier molecular flexibility index (Phi) is 5.85. The Morgan fingerprint density at radius 1 is 1.06 bits per heavy atom. The lowest BCUT2D eigenvalue weighted by Gasteiger charge is -2.36. The van der Waals surface area contributed by atoms with Crippen LogP contribution in [0.4, 0.5) is 24.5 Å². The van der Waals surface area contributed by atoms with E-state index in [4.69, 9.17) is 0 Å². The van der Waals surface area contributed by atoms with Crippen LogP contribution in [0.3, 0.4) is 0 Å². The fourth-order valence-electron chi connectivity index (χ4n) is 3.94. The van der Waals surface area contributed by atoms with Crippen molar-refractivity contribution in [2.75, 3.05) is 31.1 Å². The van der Waals surface area contributed by atoms with Gasteiger partial charge in [-0.1, -0.05) is 12.1 Å². The molecule has 1 aliphatic heterocycles. The zero-order valence-corrected chi connectivity index (χ0v) is 17.5. The molecule has 1 N–H and O–H groups in total. The zero-order valence-electron chi connectivity index (χ0n) is 17.5. The molecule has 0 unspecified atom stereocenters. The SMILES string of the molecule is O=C(Cn1c(=O)[nH]c(=O)c2ccccc21)N1CCN(c2ccc(C(F)(F)F)cc2[N+](=O)[O-])CC1. The number of nitrogens with zero attached hydrogens (tertiary/aromatic N) is 4. The van der Waals surface area contributed by atoms with E-state index >= 15 is 0 Å². The molecule has 0 atom stereocenters. The van der Waals surface area contributed by atoms with E-state index in [1.54, 1.807) is 23.1 Å². The molecule has 0 bridgehead atoms. The summed E-state index contributed by atoms with van der Waals surface area (Å²) in [6.45, 7) is 0.273. The summed E-state index contributed by atoms with van der Waals surface area (Å²) in [7, 11) is 0. The maximum Gasteiger partial charge on any atom is 0.416 e. The molecule has 2 aromatic carbocycles. The molecule has 1 amide bonds. The molecule has 178 valence electrons. The van der Waals surface area contributed by atoms with E-state index in [9.17, 15) is 37.7 Å². The average Bonchev–Trinajstić information content (AvgIpc) is 2.80. The Labute approximate surface area is 189 Å². The van der Waals surface area contributed by atoms with Crippen molar-refractivity contribution >= 4 is 28.2 Å². The van der Waals surface area contributed by atoms with Crippen molar-refractivity contribution in [2.45, 2.75) is 12.7 Å². The van der Waals surface area contributed by atoms with Crippen LogP contribution in [0.1, 0.15) is 5.56 Å². The second-order valence-corrected chi connectivity index (χ2v) is 7.69. The number of carbonyl (C=O) groups is 1. The van der Waals surface area contributed by atoms with Gasteiger partial charge in [-0.25, -0.2) is 4.79 Å². The molecule has 1 aromatic heterocycles. The summed E-state index contributed by atoms with van der Waals surface area (Å²) in [5.74, 6) is -0.402. The van der Waals surface area contributed by atoms with Crippen LogP contribution in [0.2, 0.25) is 0 Å². The third kappa shape index (κ3) is 4.36. The number of alkyl halides is 3. The van der Waals surface area contributed by atoms with Crippen molar-refractivity contribution in [2.24, 2.45) is 0 Å². The largest absolute Gasteiger partial charge is 0.416 e. The van der Waals surface area contributed by atoms with E-state index in [0.717, 1.165) is 16.7 Å². The molecule has 1 saturated heterocycles. The highest BCUT2D eigenvalue weighted by Gasteiger charge is 2.34. The first-order chi connectivity index (χ1) is 16.1. The van der Waals surface area contributed by atoms with Crippen molar-refractivity contribution in [3.8, 4) is 0 Å². The van der Waals surface area contributed by atoms with Crippen LogP contribution in [0.15, 0.2) is 52.1 Å². The first kappa shape index (κ1) is 23.0. The molecule has 34 heavy (non-hydrogen) atoms. The standard InChI is InChI=1S/C21H18F3N5O5/c22-21(23,24)13-5-6-16(17(11-13)29(33)34)26-7-9-27(10-8-26)18(30)12-28-15-4-2-1-3-14(15)19(31)25-20(28)32/h1-6,11H,7-10,12H2,(H,25,31,32). The molecule has 10 nitrogen and oxygen atoms in total. The van der Waals surface area contributed by atoms with Crippen LogP contribution < -0.4 is 16.1 Å². The summed E-state index contributed by atoms with van der Waals surface area (Å²) in [5.41, 5.74) is -2.72. The lowest BCUT2D eigenvalue weighted by Crippen LogP contribution is -2.50. The lowest BCUT2D eigenvalue weighted by molar-refractivity contribution is -0.384. The molecule has 2 heterocycles. The van der Waals surface area contributed by atoms with Gasteiger partial charge in [-0.15, -0.1) is 0 Å². The Bertz CT molecular complexity index is 1390. The van der Waals surface area contributed by atoms with Crippen LogP contribution in [0.25, 0.3) is 10.9 Å². The number of anilines is 1. The highest BCUT2D eigenvalue weighted by Crippen LogP contribution is 2.36. The molecule has 0 saturated carbocycles. The van der Waals surface area contributed by atoms with Crippen LogP contribution in [0, 0.1) is 10.1 Å². The van der Waals surface area contributed by atoms with E-state index in [1.165, 1.54) is 11.0 Å². The molecule has 0 spiro atoms. The summed E-state index contributed by atoms with van der Waals surface area (Å²) in [4.78, 5) is 52.8. The van der Waals surface area contributed by atoms with Gasteiger partial charge in [-0.2, -0.15) is 13.2 Å². The number of fused-ring (bicyclic) bond motifs is 1. The monoisotopic (exact) mass is 477 g/mol. The van der Waals surface area contributed by atoms with Crippen LogP contribution in [0.5, 0.6) is 0 Å². The average molecular weight is 477 g/mol. The number of amides is 1. The van der Waals surface area contributed by atoms with Gasteiger partial charge in [0.15, 0.2) is 0 Å². The third-order valence-corrected chi connectivity index (χ3v) is 5.67. The van der Waals surface area contributed by atoms with Gasteiger partial charge in [0.05, 0.1) is 21.4 Å². The number of halogens is 3. The van der Waals surface area contributed by atoms with Crippen molar-refractivity contribution < 1.29 is 22.9 Å². The molecule has 0 radical (unpaired) electrons. The first-order valence-electron chi connectivity index (χ1n) is 10.2. The molecule has 0 aliphatic carbocycles. The smallest absolute Gasteiger partial charge is 0.362 e. The number of hydrogen-bond donors (Lipinski definition) is 1. The van der Waals surface area contributed by atoms with Crippen LogP contribution in [-0.2, 0) is 17.5 Å². The topological polar surface area (TPSA) is 122 Å². The maximum atomic E-state index is 12.9. The summed E-state index contributed by atoms with van der Waals surface area (Å²) < 4.78 is 40.0. The highest BCUT2D eigenvalue weighted by molar-refractivity contribution is 5.81. The minimum Gasteiger partial charge on any atom is -0.362 e. The number of benzene rings is 2. The third-order valence-electron chi connectivity index (χ3n) is 5.67. The fourth-order valence-corrected chi connectivity index (χ4v) is 3.94. The number of aromatic nitrogens is 2. The Hall–Kier alpha value is -4.16. The predicted molar refractivity (Wildman–Crippen MR) is 116 cm³/mol. The minimum atomic E-state index is -4.71. The highest BCUT2D eigenvalue weighted by atomic mass is 19.4. The number of carbonyl (C=O) groups excluding carboxylic acids is 1. The summed E-state index contributed by atoms with van der Waals surface area (Å²) in [5, 5.41) is 11.6. The maximum absolute atomic E-state index is 12.9. The Balaban J connectivity index is 1.51. The molecule has 13 heteroatoms. The van der Waals surface area contributed by atoms with Gasteiger partial charge >= 0.3 is 11.9 Å². The van der Waals surface area contributed by atoms with Gasteiger partial charge in [0.25, 0.3) is 11.2 Å². The second kappa shape index (κ2) is 8.65. The number of aromatic amines is 1. The van der Waals surface area contributed by atoms with Gasteiger partial charge in [0.2, 0.25) is 5.91 Å². The molecular formula is C21H18F3N5O5. The number of rotatable bonds is 4. The first-order valence-corrected chi connectivity index (χ1v) is 10.2. The van der Waals surface area contributed by atoms with Gasteiger partial charge in [0.1, 0.15) is 12.2 Å². The Morgan fingerprint density at radius 3 is 2.38 bits per heavy atom. The van der Waals surface area contributed by atoms with E-state index in [1.807, 2.05) is 0 Å². The van der Waals surface area contributed by atoms with E-state index in [-0.39, 0.29) is 43.8 Å². The number of para-hydroxylation sites is 1. The number of nitro groups is 1. The van der Waals surface area contributed by atoms with Crippen molar-refractivity contribution in [3.05, 3.63) is 79.0 Å². The van der Waals surface area contributed by atoms with Crippen molar-refractivity contribution in [1.82, 2.24) is 14.5 Å². The van der Waals surface area contributed by atoms with Crippen LogP contribution in [-0.4, -0.2) is 51.5 Å². The van der Waals surface area contributed by atoms with Gasteiger partial charge in [-0.3, -0.25) is 29.3 Å². The summed E-state index contributed by atoms with van der Waals surface area (Å²) >= 11 is 0. The molecular weight excluding hydrogens is 459 g/mol. The normalized spacial score (nSPS) is 14.4. The minimum absolute atomic E-state index is 0.0351. The number of nitrogens with one attached hydrogen (secondary N) is 1. The lowest BCUT2D eigenvalue weighted by atomic mass is 10.1. The Morgan fingerprint density at radius 2 is 1.74 bits per heavy atom. The molecule has 1 fully saturated rings. The summed E-state index contributed by atoms with van der Waals surface area (Å²) in [6.07, 6.45) is -4.71. The van der Waals surface area contributed by atoms with Gasteiger partial charge < -0.3 is 9.80 Å². The molecule has 4 rings (SSSR count). The predicted octanol–water partition coefficient (Wildman–Crippen LogP) is 1.97. The second-order valence-electron chi connectivity index (χ2n) is 7.69. The zero-order chi connectivity index (χ0) is 24.6. The molecule has 1 aliphatic rings. The van der Waals surface area contributed by atoms with Gasteiger partial charge in [-0.05, 0) is 24.3 Å². The summed E-state index contributed by atoms with van der Waals surface area (Å²) in [6, 6.07) is 8.70. The van der Waals surface area contributed by atoms with Gasteiger partial charge in [0, 0.05) is 32.2 Å². The quantitative estimate of drug-likeness (QED) is 0.453. The van der Waals surface area contributed by atoms with E-state index in [2.05, 4.69) is 4.98 Å². The number of piperazine rings is 1. The number of H-pyrrole nitrogens is 1. The number of nitro benzene ring substituents is 1. The van der Waals surface area contributed by atoms with E-state index < -0.39 is 39.5 Å². The van der Waals surface area contributed by atoms with Crippen LogP contribution >= 0.6 is 0 Å².